The number of urea groups is 1. The molecule has 0 spiro atoms. The van der Waals surface area contributed by atoms with Gasteiger partial charge in [0.2, 0.25) is 0 Å². The predicted molar refractivity (Wildman–Crippen MR) is 107 cm³/mol. The van der Waals surface area contributed by atoms with E-state index in [1.54, 1.807) is 47.7 Å². The lowest BCUT2D eigenvalue weighted by molar-refractivity contribution is -0.139. The van der Waals surface area contributed by atoms with Crippen LogP contribution in [0, 0.1) is 0 Å². The number of alkyl halides is 3. The molecule has 0 atom stereocenters. The summed E-state index contributed by atoms with van der Waals surface area (Å²) in [4.78, 5) is 18.3. The molecule has 0 aliphatic carbocycles. The van der Waals surface area contributed by atoms with Crippen LogP contribution in [0.3, 0.4) is 0 Å². The van der Waals surface area contributed by atoms with E-state index in [9.17, 15) is 18.0 Å². The number of rotatable bonds is 3. The summed E-state index contributed by atoms with van der Waals surface area (Å²) in [6.45, 7) is 0.331. The van der Waals surface area contributed by atoms with Crippen LogP contribution in [0.15, 0.2) is 60.0 Å². The molecule has 1 N–H and O–H groups in total. The third-order valence-electron chi connectivity index (χ3n) is 4.75. The quantitative estimate of drug-likeness (QED) is 0.595. The molecule has 0 radical (unpaired) electrons. The molecule has 0 saturated carbocycles. The van der Waals surface area contributed by atoms with Gasteiger partial charge in [-0.2, -0.15) is 13.2 Å². The average molecular weight is 418 g/mol. The number of anilines is 2. The van der Waals surface area contributed by atoms with Crippen LogP contribution in [0.4, 0.5) is 29.3 Å². The van der Waals surface area contributed by atoms with Gasteiger partial charge in [0.15, 0.2) is 0 Å². The van der Waals surface area contributed by atoms with Gasteiger partial charge in [-0.3, -0.25) is 4.90 Å². The number of benzene rings is 2. The zero-order valence-electron chi connectivity index (χ0n) is 15.4. The number of hydrogen-bond donors (Lipinski definition) is 1. The average Bonchev–Trinajstić information content (AvgIpc) is 3.36. The molecule has 0 bridgehead atoms. The van der Waals surface area contributed by atoms with Crippen LogP contribution in [0.25, 0.3) is 5.69 Å². The molecule has 1 aliphatic heterocycles. The van der Waals surface area contributed by atoms with Crippen molar-refractivity contribution in [2.45, 2.75) is 17.5 Å². The molecule has 1 aliphatic rings. The zero-order chi connectivity index (χ0) is 20.6. The normalized spacial score (nSPS) is 13.4. The maximum absolute atomic E-state index is 13.4. The molecule has 9 heteroatoms. The highest BCUT2D eigenvalue weighted by molar-refractivity contribution is 7.98. The Hall–Kier alpha value is -2.94. The maximum Gasteiger partial charge on any atom is 0.417 e. The lowest BCUT2D eigenvalue weighted by atomic mass is 10.1. The second-order valence-electron chi connectivity index (χ2n) is 6.53. The summed E-state index contributed by atoms with van der Waals surface area (Å²) >= 11 is 1.05. The van der Waals surface area contributed by atoms with Gasteiger partial charge in [0, 0.05) is 40.9 Å². The van der Waals surface area contributed by atoms with E-state index in [4.69, 9.17) is 0 Å². The minimum Gasteiger partial charge on any atom is -0.307 e. The fraction of sp³-hybridized carbons (Fsp3) is 0.200. The molecule has 5 nitrogen and oxygen atoms in total. The summed E-state index contributed by atoms with van der Waals surface area (Å²) in [5.74, 6) is 0. The fourth-order valence-electron chi connectivity index (χ4n) is 3.36. The van der Waals surface area contributed by atoms with Gasteiger partial charge < -0.3 is 9.88 Å². The number of carbonyl (C=O) groups is 1. The first kappa shape index (κ1) is 19.4. The number of imidazole rings is 1. The van der Waals surface area contributed by atoms with Gasteiger partial charge in [-0.05, 0) is 48.6 Å². The van der Waals surface area contributed by atoms with Crippen molar-refractivity contribution >= 4 is 29.2 Å². The first-order chi connectivity index (χ1) is 13.9. The second-order valence-corrected chi connectivity index (χ2v) is 7.38. The van der Waals surface area contributed by atoms with Crippen LogP contribution < -0.4 is 10.2 Å². The van der Waals surface area contributed by atoms with E-state index in [-0.39, 0.29) is 4.90 Å². The standard InChI is InChI=1S/C20H17F3N4OS/c1-29-18-9-13-5-7-27(17(13)11-16(18)20(21,22)23)19(28)25-14-3-2-4-15(10-14)26-8-6-24-12-26/h2-4,6,8-12H,5,7H2,1H3,(H,25,28). The van der Waals surface area contributed by atoms with Crippen LogP contribution in [0.2, 0.25) is 0 Å². The van der Waals surface area contributed by atoms with E-state index in [0.717, 1.165) is 29.1 Å². The molecular formula is C20H17F3N4OS. The third-order valence-corrected chi connectivity index (χ3v) is 5.52. The molecule has 29 heavy (non-hydrogen) atoms. The maximum atomic E-state index is 13.4. The Morgan fingerprint density at radius 3 is 2.76 bits per heavy atom. The van der Waals surface area contributed by atoms with Crippen molar-refractivity contribution in [2.24, 2.45) is 0 Å². The van der Waals surface area contributed by atoms with Gasteiger partial charge in [0.1, 0.15) is 0 Å². The number of nitrogens with zero attached hydrogens (tertiary/aromatic N) is 3. The van der Waals surface area contributed by atoms with Crippen molar-refractivity contribution in [3.8, 4) is 5.69 Å². The molecule has 1 aromatic heterocycles. The van der Waals surface area contributed by atoms with E-state index in [2.05, 4.69) is 10.3 Å². The molecular weight excluding hydrogens is 401 g/mol. The number of hydrogen-bond acceptors (Lipinski definition) is 3. The van der Waals surface area contributed by atoms with E-state index < -0.39 is 17.8 Å². The largest absolute Gasteiger partial charge is 0.417 e. The third kappa shape index (κ3) is 3.82. The van der Waals surface area contributed by atoms with Crippen LogP contribution >= 0.6 is 11.8 Å². The van der Waals surface area contributed by atoms with Crippen LogP contribution in [0.1, 0.15) is 11.1 Å². The van der Waals surface area contributed by atoms with E-state index in [1.165, 1.54) is 11.0 Å². The van der Waals surface area contributed by atoms with Crippen molar-refractivity contribution in [1.29, 1.82) is 0 Å². The molecule has 2 aromatic carbocycles. The highest BCUT2D eigenvalue weighted by Crippen LogP contribution is 2.42. The van der Waals surface area contributed by atoms with Gasteiger partial charge in [0.05, 0.1) is 11.9 Å². The monoisotopic (exact) mass is 418 g/mol. The number of aromatic nitrogens is 2. The Bertz CT molecular complexity index is 1050. The van der Waals surface area contributed by atoms with Crippen LogP contribution in [-0.2, 0) is 12.6 Å². The zero-order valence-corrected chi connectivity index (χ0v) is 16.2. The first-order valence-electron chi connectivity index (χ1n) is 8.82. The molecule has 2 amide bonds. The first-order valence-corrected chi connectivity index (χ1v) is 10.0. The van der Waals surface area contributed by atoms with Gasteiger partial charge in [-0.1, -0.05) is 6.07 Å². The number of carbonyl (C=O) groups excluding carboxylic acids is 1. The highest BCUT2D eigenvalue weighted by Gasteiger charge is 2.36. The van der Waals surface area contributed by atoms with Crippen molar-refractivity contribution in [1.82, 2.24) is 9.55 Å². The number of thioether (sulfide) groups is 1. The van der Waals surface area contributed by atoms with Crippen molar-refractivity contribution < 1.29 is 18.0 Å². The Kier molecular flexibility index (Phi) is 4.99. The second kappa shape index (κ2) is 7.47. The molecule has 4 rings (SSSR count). The van der Waals surface area contributed by atoms with Gasteiger partial charge >= 0.3 is 12.2 Å². The smallest absolute Gasteiger partial charge is 0.307 e. The molecule has 150 valence electrons. The van der Waals surface area contributed by atoms with E-state index in [0.29, 0.717) is 24.3 Å². The predicted octanol–water partition coefficient (Wildman–Crippen LogP) is 5.21. The SMILES string of the molecule is CSc1cc2c(cc1C(F)(F)F)N(C(=O)Nc1cccc(-n3ccnc3)c1)CC2. The number of amides is 2. The van der Waals surface area contributed by atoms with Crippen molar-refractivity contribution in [2.75, 3.05) is 23.0 Å². The Labute approximate surface area is 169 Å². The molecule has 0 saturated heterocycles. The minimum atomic E-state index is -4.47. The Morgan fingerprint density at radius 1 is 1.24 bits per heavy atom. The molecule has 3 aromatic rings. The molecule has 0 unspecified atom stereocenters. The molecule has 2 heterocycles. The number of fused-ring (bicyclic) bond motifs is 1. The fourth-order valence-corrected chi connectivity index (χ4v) is 4.02. The highest BCUT2D eigenvalue weighted by atomic mass is 32.2. The lowest BCUT2D eigenvalue weighted by Crippen LogP contribution is -2.33. The summed E-state index contributed by atoms with van der Waals surface area (Å²) in [7, 11) is 0. The Morgan fingerprint density at radius 2 is 2.07 bits per heavy atom. The van der Waals surface area contributed by atoms with Crippen LogP contribution in [0.5, 0.6) is 0 Å². The molecule has 0 fully saturated rings. The van der Waals surface area contributed by atoms with E-state index in [1.807, 2.05) is 6.07 Å². The van der Waals surface area contributed by atoms with Gasteiger partial charge in [-0.25, -0.2) is 9.78 Å². The Balaban J connectivity index is 1.60. The summed E-state index contributed by atoms with van der Waals surface area (Å²) in [5, 5.41) is 2.78. The summed E-state index contributed by atoms with van der Waals surface area (Å²) < 4.78 is 42.0. The van der Waals surface area contributed by atoms with Gasteiger partial charge in [-0.15, -0.1) is 11.8 Å². The van der Waals surface area contributed by atoms with Gasteiger partial charge in [0.25, 0.3) is 0 Å². The van der Waals surface area contributed by atoms with E-state index >= 15 is 0 Å². The van der Waals surface area contributed by atoms with Crippen LogP contribution in [-0.4, -0.2) is 28.4 Å². The summed E-state index contributed by atoms with van der Waals surface area (Å²) in [6, 6.07) is 9.31. The summed E-state index contributed by atoms with van der Waals surface area (Å²) in [6.07, 6.45) is 2.72. The minimum absolute atomic E-state index is 0.173. The summed E-state index contributed by atoms with van der Waals surface area (Å²) in [5.41, 5.74) is 1.69. The number of nitrogens with one attached hydrogen (secondary N) is 1. The lowest BCUT2D eigenvalue weighted by Gasteiger charge is -2.20. The number of halogens is 3. The van der Waals surface area contributed by atoms with Crippen molar-refractivity contribution in [3.63, 3.8) is 0 Å². The van der Waals surface area contributed by atoms with Crippen molar-refractivity contribution in [3.05, 3.63) is 66.2 Å². The topological polar surface area (TPSA) is 50.2 Å².